The van der Waals surface area contributed by atoms with Crippen LogP contribution in [0.1, 0.15) is 37.3 Å². The largest absolute Gasteiger partial charge is 0.359 e. The van der Waals surface area contributed by atoms with Gasteiger partial charge in [0.2, 0.25) is 5.13 Å². The molecular weight excluding hydrogens is 254 g/mol. The molecule has 1 aromatic carbocycles. The Bertz CT molecular complexity index is 493. The summed E-state index contributed by atoms with van der Waals surface area (Å²) in [6, 6.07) is 10.7. The van der Waals surface area contributed by atoms with Gasteiger partial charge < -0.3 is 5.32 Å². The van der Waals surface area contributed by atoms with Gasteiger partial charge in [0, 0.05) is 12.5 Å². The Balaban J connectivity index is 2.02. The van der Waals surface area contributed by atoms with Crippen molar-refractivity contribution in [3.05, 3.63) is 40.9 Å². The molecule has 1 atom stereocenters. The SMILES string of the molecule is CCc1nnc(NCC(c2ccccc2)C(C)C)s1. The molecule has 0 fully saturated rings. The Morgan fingerprint density at radius 3 is 2.47 bits per heavy atom. The zero-order valence-electron chi connectivity index (χ0n) is 11.8. The summed E-state index contributed by atoms with van der Waals surface area (Å²) < 4.78 is 0. The first-order valence-electron chi connectivity index (χ1n) is 6.82. The normalized spacial score (nSPS) is 12.6. The second kappa shape index (κ2) is 6.66. The van der Waals surface area contributed by atoms with Crippen LogP contribution >= 0.6 is 11.3 Å². The van der Waals surface area contributed by atoms with Crippen LogP contribution in [0, 0.1) is 5.92 Å². The van der Waals surface area contributed by atoms with Gasteiger partial charge in [-0.1, -0.05) is 62.4 Å². The average molecular weight is 275 g/mol. The van der Waals surface area contributed by atoms with Crippen LogP contribution in [0.25, 0.3) is 0 Å². The minimum atomic E-state index is 0.496. The third-order valence-corrected chi connectivity index (χ3v) is 4.30. The van der Waals surface area contributed by atoms with E-state index in [1.165, 1.54) is 5.56 Å². The van der Waals surface area contributed by atoms with E-state index in [2.05, 4.69) is 66.6 Å². The molecule has 0 bridgehead atoms. The van der Waals surface area contributed by atoms with Gasteiger partial charge in [-0.15, -0.1) is 10.2 Å². The lowest BCUT2D eigenvalue weighted by Gasteiger charge is -2.21. The summed E-state index contributed by atoms with van der Waals surface area (Å²) in [4.78, 5) is 0. The van der Waals surface area contributed by atoms with E-state index in [1.807, 2.05) is 0 Å². The van der Waals surface area contributed by atoms with Crippen molar-refractivity contribution in [2.24, 2.45) is 5.92 Å². The van der Waals surface area contributed by atoms with Gasteiger partial charge in [0.25, 0.3) is 0 Å². The summed E-state index contributed by atoms with van der Waals surface area (Å²) in [7, 11) is 0. The lowest BCUT2D eigenvalue weighted by molar-refractivity contribution is 0.517. The van der Waals surface area contributed by atoms with Gasteiger partial charge in [-0.3, -0.25) is 0 Å². The van der Waals surface area contributed by atoms with Crippen molar-refractivity contribution in [2.45, 2.75) is 33.1 Å². The second-order valence-electron chi connectivity index (χ2n) is 5.00. The summed E-state index contributed by atoms with van der Waals surface area (Å²) in [6.07, 6.45) is 0.950. The van der Waals surface area contributed by atoms with E-state index in [1.54, 1.807) is 11.3 Å². The van der Waals surface area contributed by atoms with Crippen molar-refractivity contribution in [1.29, 1.82) is 0 Å². The molecule has 0 amide bonds. The number of anilines is 1. The standard InChI is InChI=1S/C15H21N3S/c1-4-14-17-18-15(19-14)16-10-13(11(2)3)12-8-6-5-7-9-12/h5-9,11,13H,4,10H2,1-3H3,(H,16,18). The quantitative estimate of drug-likeness (QED) is 0.867. The monoisotopic (exact) mass is 275 g/mol. The van der Waals surface area contributed by atoms with Crippen molar-refractivity contribution in [2.75, 3.05) is 11.9 Å². The number of benzene rings is 1. The summed E-state index contributed by atoms with van der Waals surface area (Å²) in [5.41, 5.74) is 1.38. The molecule has 0 aliphatic rings. The lowest BCUT2D eigenvalue weighted by Crippen LogP contribution is -2.17. The van der Waals surface area contributed by atoms with E-state index >= 15 is 0 Å². The highest BCUT2D eigenvalue weighted by Gasteiger charge is 2.16. The Hall–Kier alpha value is -1.42. The average Bonchev–Trinajstić information content (AvgIpc) is 2.88. The van der Waals surface area contributed by atoms with Crippen molar-refractivity contribution in [3.8, 4) is 0 Å². The van der Waals surface area contributed by atoms with Crippen LogP contribution < -0.4 is 5.32 Å². The molecule has 0 saturated carbocycles. The minimum Gasteiger partial charge on any atom is -0.359 e. The van der Waals surface area contributed by atoms with Crippen LogP contribution in [-0.4, -0.2) is 16.7 Å². The number of rotatable bonds is 6. The summed E-state index contributed by atoms with van der Waals surface area (Å²) in [5.74, 6) is 1.09. The lowest BCUT2D eigenvalue weighted by atomic mass is 9.88. The number of nitrogens with one attached hydrogen (secondary N) is 1. The van der Waals surface area contributed by atoms with Gasteiger partial charge in [0.15, 0.2) is 0 Å². The van der Waals surface area contributed by atoms with Crippen molar-refractivity contribution in [3.63, 3.8) is 0 Å². The van der Waals surface area contributed by atoms with Gasteiger partial charge in [-0.05, 0) is 17.9 Å². The van der Waals surface area contributed by atoms with Gasteiger partial charge in [0.05, 0.1) is 0 Å². The van der Waals surface area contributed by atoms with Crippen LogP contribution in [0.3, 0.4) is 0 Å². The molecule has 0 aliphatic carbocycles. The second-order valence-corrected chi connectivity index (χ2v) is 6.06. The molecule has 1 N–H and O–H groups in total. The Morgan fingerprint density at radius 1 is 1.16 bits per heavy atom. The molecule has 0 aliphatic heterocycles. The van der Waals surface area contributed by atoms with Crippen LogP contribution in [0.15, 0.2) is 30.3 Å². The van der Waals surface area contributed by atoms with Crippen LogP contribution in [0.5, 0.6) is 0 Å². The van der Waals surface area contributed by atoms with Crippen molar-refractivity contribution in [1.82, 2.24) is 10.2 Å². The van der Waals surface area contributed by atoms with Crippen LogP contribution in [0.2, 0.25) is 0 Å². The van der Waals surface area contributed by atoms with Crippen molar-refractivity contribution >= 4 is 16.5 Å². The molecule has 2 rings (SSSR count). The zero-order valence-corrected chi connectivity index (χ0v) is 12.6. The van der Waals surface area contributed by atoms with Crippen LogP contribution in [0.4, 0.5) is 5.13 Å². The first-order valence-corrected chi connectivity index (χ1v) is 7.63. The zero-order chi connectivity index (χ0) is 13.7. The highest BCUT2D eigenvalue weighted by molar-refractivity contribution is 7.15. The highest BCUT2D eigenvalue weighted by atomic mass is 32.1. The summed E-state index contributed by atoms with van der Waals surface area (Å²) in [6.45, 7) is 7.53. The number of hydrogen-bond donors (Lipinski definition) is 1. The Labute approximate surface area is 119 Å². The maximum absolute atomic E-state index is 4.17. The molecule has 0 saturated heterocycles. The molecule has 102 valence electrons. The van der Waals surface area contributed by atoms with E-state index < -0.39 is 0 Å². The molecule has 3 nitrogen and oxygen atoms in total. The predicted molar refractivity (Wildman–Crippen MR) is 81.8 cm³/mol. The van der Waals surface area contributed by atoms with Gasteiger partial charge in [0.1, 0.15) is 5.01 Å². The minimum absolute atomic E-state index is 0.496. The third kappa shape index (κ3) is 3.77. The van der Waals surface area contributed by atoms with E-state index in [-0.39, 0.29) is 0 Å². The molecule has 19 heavy (non-hydrogen) atoms. The van der Waals surface area contributed by atoms with Gasteiger partial charge in [-0.25, -0.2) is 0 Å². The number of nitrogens with zero attached hydrogens (tertiary/aromatic N) is 2. The van der Waals surface area contributed by atoms with Gasteiger partial charge in [-0.2, -0.15) is 0 Å². The van der Waals surface area contributed by atoms with E-state index in [0.717, 1.165) is 23.1 Å². The third-order valence-electron chi connectivity index (χ3n) is 3.27. The molecule has 1 unspecified atom stereocenters. The van der Waals surface area contributed by atoms with E-state index in [4.69, 9.17) is 0 Å². The molecule has 2 aromatic rings. The number of hydrogen-bond acceptors (Lipinski definition) is 4. The Morgan fingerprint density at radius 2 is 1.89 bits per heavy atom. The first-order chi connectivity index (χ1) is 9.20. The number of aryl methyl sites for hydroxylation is 1. The topological polar surface area (TPSA) is 37.8 Å². The van der Waals surface area contributed by atoms with E-state index in [0.29, 0.717) is 11.8 Å². The molecular formula is C15H21N3S. The fraction of sp³-hybridized carbons (Fsp3) is 0.467. The first kappa shape index (κ1) is 14.0. The summed E-state index contributed by atoms with van der Waals surface area (Å²) in [5, 5.41) is 13.7. The molecule has 0 spiro atoms. The summed E-state index contributed by atoms with van der Waals surface area (Å²) >= 11 is 1.65. The molecule has 1 aromatic heterocycles. The van der Waals surface area contributed by atoms with Crippen LogP contribution in [-0.2, 0) is 6.42 Å². The fourth-order valence-electron chi connectivity index (χ4n) is 2.10. The maximum atomic E-state index is 4.17. The van der Waals surface area contributed by atoms with E-state index in [9.17, 15) is 0 Å². The highest BCUT2D eigenvalue weighted by Crippen LogP contribution is 2.25. The smallest absolute Gasteiger partial charge is 0.205 e. The Kier molecular flexibility index (Phi) is 4.91. The molecule has 1 heterocycles. The molecule has 0 radical (unpaired) electrons. The van der Waals surface area contributed by atoms with Gasteiger partial charge >= 0.3 is 0 Å². The maximum Gasteiger partial charge on any atom is 0.205 e. The number of aromatic nitrogens is 2. The van der Waals surface area contributed by atoms with Crippen molar-refractivity contribution < 1.29 is 0 Å². The fourth-order valence-corrected chi connectivity index (χ4v) is 2.79. The predicted octanol–water partition coefficient (Wildman–Crippen LogP) is 3.95. The molecule has 4 heteroatoms.